The molecule has 1 amide bonds. The second kappa shape index (κ2) is 6.56. The zero-order valence-electron chi connectivity index (χ0n) is 12.3. The van der Waals surface area contributed by atoms with Crippen LogP contribution in [-0.4, -0.2) is 27.7 Å². The van der Waals surface area contributed by atoms with Gasteiger partial charge in [-0.15, -0.1) is 0 Å². The van der Waals surface area contributed by atoms with Gasteiger partial charge in [-0.05, 0) is 25.8 Å². The molecule has 0 saturated heterocycles. The summed E-state index contributed by atoms with van der Waals surface area (Å²) >= 11 is 0. The van der Waals surface area contributed by atoms with Gasteiger partial charge >= 0.3 is 0 Å². The van der Waals surface area contributed by atoms with Gasteiger partial charge in [0.25, 0.3) is 11.5 Å². The Hall–Kier alpha value is -1.82. The Labute approximate surface area is 118 Å². The predicted octanol–water partition coefficient (Wildman–Crippen LogP) is 0.728. The van der Waals surface area contributed by atoms with Gasteiger partial charge in [0.1, 0.15) is 0 Å². The molecule has 0 bridgehead atoms. The highest BCUT2D eigenvalue weighted by Crippen LogP contribution is 2.13. The van der Waals surface area contributed by atoms with Crippen LogP contribution >= 0.6 is 0 Å². The lowest BCUT2D eigenvalue weighted by Crippen LogP contribution is -2.40. The Balaban J connectivity index is 2.65. The topological polar surface area (TPSA) is 97.4 Å². The van der Waals surface area contributed by atoms with Gasteiger partial charge in [0, 0.05) is 25.3 Å². The first-order valence-electron chi connectivity index (χ1n) is 6.74. The molecule has 1 aromatic rings. The van der Waals surface area contributed by atoms with Crippen LogP contribution in [0, 0.1) is 0 Å². The molecule has 0 saturated carbocycles. The molecule has 0 aliphatic rings. The molecular formula is C14H23N3O3. The Morgan fingerprint density at radius 3 is 2.75 bits per heavy atom. The molecule has 0 spiro atoms. The molecular weight excluding hydrogens is 258 g/mol. The molecule has 0 radical (unpaired) electrons. The predicted molar refractivity (Wildman–Crippen MR) is 77.8 cm³/mol. The number of aryl methyl sites for hydroxylation is 1. The highest BCUT2D eigenvalue weighted by atomic mass is 16.3. The number of aromatic nitrogens is 1. The zero-order chi connectivity index (χ0) is 15.3. The smallest absolute Gasteiger partial charge is 0.293 e. The molecule has 0 aliphatic carbocycles. The van der Waals surface area contributed by atoms with E-state index in [2.05, 4.69) is 12.2 Å². The summed E-state index contributed by atoms with van der Waals surface area (Å²) in [7, 11) is 1.51. The summed E-state index contributed by atoms with van der Waals surface area (Å²) in [6.45, 7) is 4.40. The number of nitrogens with two attached hydrogens (primary N) is 1. The van der Waals surface area contributed by atoms with Crippen molar-refractivity contribution in [3.63, 3.8) is 0 Å². The lowest BCUT2D eigenvalue weighted by atomic mass is 9.93. The number of hydrogen-bond donors (Lipinski definition) is 3. The summed E-state index contributed by atoms with van der Waals surface area (Å²) in [5.74, 6) is -0.996. The molecule has 20 heavy (non-hydrogen) atoms. The molecule has 0 fully saturated rings. The third-order valence-corrected chi connectivity index (χ3v) is 3.29. The second-order valence-electron chi connectivity index (χ2n) is 5.40. The fraction of sp³-hybridized carbons (Fsp3) is 0.571. The first kappa shape index (κ1) is 16.2. The Kier molecular flexibility index (Phi) is 5.33. The van der Waals surface area contributed by atoms with E-state index in [9.17, 15) is 14.7 Å². The number of amides is 1. The van der Waals surface area contributed by atoms with Crippen LogP contribution in [0.15, 0.2) is 17.1 Å². The van der Waals surface area contributed by atoms with E-state index >= 15 is 0 Å². The third kappa shape index (κ3) is 4.09. The fourth-order valence-corrected chi connectivity index (χ4v) is 2.05. The van der Waals surface area contributed by atoms with E-state index in [4.69, 9.17) is 5.73 Å². The molecule has 1 heterocycles. The average molecular weight is 281 g/mol. The number of carbonyl (C=O) groups is 1. The maximum absolute atomic E-state index is 11.9. The van der Waals surface area contributed by atoms with Crippen LogP contribution in [0.25, 0.3) is 0 Å². The number of nitrogens with one attached hydrogen (secondary N) is 1. The molecule has 1 unspecified atom stereocenters. The number of nitrogens with zero attached hydrogens (tertiary/aromatic N) is 1. The van der Waals surface area contributed by atoms with Crippen LogP contribution in [0.4, 0.5) is 0 Å². The van der Waals surface area contributed by atoms with Crippen molar-refractivity contribution >= 4 is 5.91 Å². The standard InChI is InChI=1S/C14H23N3O3/c1-4-6-14(2,15)7-8-16-12(19)10-5-9-17(3)13(20)11(10)18/h5,9,18H,4,6-8,15H2,1-3H3,(H,16,19). The van der Waals surface area contributed by atoms with Gasteiger partial charge in [-0.3, -0.25) is 9.59 Å². The first-order chi connectivity index (χ1) is 9.28. The van der Waals surface area contributed by atoms with Gasteiger partial charge < -0.3 is 20.7 Å². The molecule has 6 heteroatoms. The third-order valence-electron chi connectivity index (χ3n) is 3.29. The largest absolute Gasteiger partial charge is 0.502 e. The van der Waals surface area contributed by atoms with Crippen molar-refractivity contribution in [1.29, 1.82) is 0 Å². The number of aromatic hydroxyl groups is 1. The monoisotopic (exact) mass is 281 g/mol. The summed E-state index contributed by atoms with van der Waals surface area (Å²) in [6.07, 6.45) is 3.94. The van der Waals surface area contributed by atoms with Crippen molar-refractivity contribution in [1.82, 2.24) is 9.88 Å². The van der Waals surface area contributed by atoms with Crippen molar-refractivity contribution < 1.29 is 9.90 Å². The van der Waals surface area contributed by atoms with Crippen LogP contribution in [0.5, 0.6) is 5.75 Å². The van der Waals surface area contributed by atoms with Gasteiger partial charge in [0.15, 0.2) is 5.75 Å². The van der Waals surface area contributed by atoms with E-state index in [1.54, 1.807) is 0 Å². The van der Waals surface area contributed by atoms with Crippen molar-refractivity contribution in [2.45, 2.75) is 38.6 Å². The van der Waals surface area contributed by atoms with Crippen LogP contribution in [0.3, 0.4) is 0 Å². The lowest BCUT2D eigenvalue weighted by molar-refractivity contribution is 0.0947. The minimum absolute atomic E-state index is 0.0117. The molecule has 112 valence electrons. The molecule has 6 nitrogen and oxygen atoms in total. The molecule has 0 aliphatic heterocycles. The summed E-state index contributed by atoms with van der Waals surface area (Å²) in [5, 5.41) is 12.3. The Morgan fingerprint density at radius 1 is 1.50 bits per heavy atom. The van der Waals surface area contributed by atoms with Gasteiger partial charge in [-0.1, -0.05) is 13.3 Å². The van der Waals surface area contributed by atoms with E-state index in [0.29, 0.717) is 13.0 Å². The van der Waals surface area contributed by atoms with Crippen LogP contribution < -0.4 is 16.6 Å². The second-order valence-corrected chi connectivity index (χ2v) is 5.40. The molecule has 1 atom stereocenters. The van der Waals surface area contributed by atoms with E-state index in [0.717, 1.165) is 12.8 Å². The van der Waals surface area contributed by atoms with E-state index in [1.807, 2.05) is 6.92 Å². The number of hydrogen-bond acceptors (Lipinski definition) is 4. The number of rotatable bonds is 6. The average Bonchev–Trinajstić information content (AvgIpc) is 2.35. The summed E-state index contributed by atoms with van der Waals surface area (Å²) in [4.78, 5) is 23.4. The summed E-state index contributed by atoms with van der Waals surface area (Å²) in [5.41, 5.74) is 5.15. The quantitative estimate of drug-likeness (QED) is 0.716. The first-order valence-corrected chi connectivity index (χ1v) is 6.74. The van der Waals surface area contributed by atoms with Crippen molar-refractivity contribution in [3.8, 4) is 5.75 Å². The Morgan fingerprint density at radius 2 is 2.15 bits per heavy atom. The summed E-state index contributed by atoms with van der Waals surface area (Å²) < 4.78 is 1.21. The zero-order valence-corrected chi connectivity index (χ0v) is 12.3. The van der Waals surface area contributed by atoms with Crippen LogP contribution in [-0.2, 0) is 7.05 Å². The van der Waals surface area contributed by atoms with Gasteiger partial charge in [0.2, 0.25) is 0 Å². The van der Waals surface area contributed by atoms with Gasteiger partial charge in [0.05, 0.1) is 5.56 Å². The molecule has 0 aromatic carbocycles. The summed E-state index contributed by atoms with van der Waals surface area (Å²) in [6, 6.07) is 1.42. The lowest BCUT2D eigenvalue weighted by Gasteiger charge is -2.24. The van der Waals surface area contributed by atoms with Gasteiger partial charge in [-0.2, -0.15) is 0 Å². The van der Waals surface area contributed by atoms with E-state index in [-0.39, 0.29) is 11.1 Å². The Bertz CT molecular complexity index is 535. The molecule has 1 rings (SSSR count). The van der Waals surface area contributed by atoms with Gasteiger partial charge in [-0.25, -0.2) is 0 Å². The molecule has 4 N–H and O–H groups in total. The van der Waals surface area contributed by atoms with Crippen LogP contribution in [0.1, 0.15) is 43.5 Å². The van der Waals surface area contributed by atoms with E-state index in [1.165, 1.54) is 23.9 Å². The number of carbonyl (C=O) groups excluding carboxylic acids is 1. The highest BCUT2D eigenvalue weighted by molar-refractivity contribution is 5.96. The number of pyridine rings is 1. The van der Waals surface area contributed by atoms with Crippen LogP contribution in [0.2, 0.25) is 0 Å². The minimum atomic E-state index is -0.590. The highest BCUT2D eigenvalue weighted by Gasteiger charge is 2.18. The SMILES string of the molecule is CCCC(C)(N)CCNC(=O)c1ccn(C)c(=O)c1O. The van der Waals surface area contributed by atoms with Crippen molar-refractivity contribution in [2.75, 3.05) is 6.54 Å². The normalized spacial score (nSPS) is 13.8. The minimum Gasteiger partial charge on any atom is -0.502 e. The van der Waals surface area contributed by atoms with Crippen molar-refractivity contribution in [3.05, 3.63) is 28.2 Å². The van der Waals surface area contributed by atoms with Crippen molar-refractivity contribution in [2.24, 2.45) is 12.8 Å². The fourth-order valence-electron chi connectivity index (χ4n) is 2.05. The maximum Gasteiger partial charge on any atom is 0.293 e. The molecule has 1 aromatic heterocycles. The van der Waals surface area contributed by atoms with E-state index < -0.39 is 17.2 Å². The maximum atomic E-state index is 11.9.